The predicted octanol–water partition coefficient (Wildman–Crippen LogP) is 5.82. The van der Waals surface area contributed by atoms with Crippen molar-refractivity contribution < 1.29 is 37.0 Å². The van der Waals surface area contributed by atoms with Crippen molar-refractivity contribution in [2.45, 2.75) is 31.6 Å². The van der Waals surface area contributed by atoms with Gasteiger partial charge in [-0.05, 0) is 73.4 Å². The minimum Gasteiger partial charge on any atom is -0.497 e. The number of carbonyl (C=O) groups is 2. The molecule has 1 unspecified atom stereocenters. The number of amides is 2. The van der Waals surface area contributed by atoms with Crippen LogP contribution in [-0.2, 0) is 17.5 Å². The molecule has 0 fully saturated rings. The van der Waals surface area contributed by atoms with Crippen molar-refractivity contribution in [3.63, 3.8) is 0 Å². The average Bonchev–Trinajstić information content (AvgIpc) is 2.91. The zero-order valence-electron chi connectivity index (χ0n) is 21.5. The Bertz CT molecular complexity index is 1260. The first kappa shape index (κ1) is 29.6. The molecule has 39 heavy (non-hydrogen) atoms. The second-order valence-electron chi connectivity index (χ2n) is 8.57. The van der Waals surface area contributed by atoms with Gasteiger partial charge in [-0.2, -0.15) is 24.9 Å². The number of carbonyl (C=O) groups excluding carboxylic acids is 2. The number of halogens is 3. The molecule has 12 heteroatoms. The summed E-state index contributed by atoms with van der Waals surface area (Å²) in [7, 11) is 1.28. The van der Waals surface area contributed by atoms with Crippen LogP contribution < -0.4 is 24.8 Å². The van der Waals surface area contributed by atoms with E-state index in [-0.39, 0.29) is 29.5 Å². The normalized spacial score (nSPS) is 12.7. The maximum atomic E-state index is 13.5. The standard InChI is InChI=1S/C27H28F3N3O5S/c1-26(12-14-39-3,33-25(35)38-21-5-4-13-31-17-21)24(34)32-16-18-6-8-19(9-7-18)37-23-11-10-20(36-2)15-22(23)27(28,29)30/h4-11,13,15,17H,12,14,16H2,1-3H3,(H,32,34)(H,33,35). The zero-order chi connectivity index (χ0) is 28.5. The molecule has 0 aliphatic rings. The molecule has 0 radical (unpaired) electrons. The van der Waals surface area contributed by atoms with Crippen molar-refractivity contribution in [2.24, 2.45) is 0 Å². The first-order valence-electron chi connectivity index (χ1n) is 11.7. The molecular formula is C27H28F3N3O5S. The number of rotatable bonds is 11. The number of pyridine rings is 1. The van der Waals surface area contributed by atoms with Crippen LogP contribution in [0.25, 0.3) is 0 Å². The van der Waals surface area contributed by atoms with E-state index in [0.29, 0.717) is 17.7 Å². The van der Waals surface area contributed by atoms with Crippen molar-refractivity contribution >= 4 is 23.8 Å². The van der Waals surface area contributed by atoms with E-state index in [0.717, 1.165) is 6.07 Å². The van der Waals surface area contributed by atoms with Gasteiger partial charge in [-0.25, -0.2) is 4.79 Å². The summed E-state index contributed by atoms with van der Waals surface area (Å²) in [6, 6.07) is 12.9. The van der Waals surface area contributed by atoms with Crippen molar-refractivity contribution in [3.8, 4) is 23.0 Å². The predicted molar refractivity (Wildman–Crippen MR) is 141 cm³/mol. The molecular weight excluding hydrogens is 535 g/mol. The van der Waals surface area contributed by atoms with Gasteiger partial charge in [-0.3, -0.25) is 9.78 Å². The molecule has 0 aliphatic heterocycles. The van der Waals surface area contributed by atoms with E-state index in [4.69, 9.17) is 14.2 Å². The molecule has 2 amide bonds. The molecule has 208 valence electrons. The van der Waals surface area contributed by atoms with Crippen LogP contribution >= 0.6 is 11.8 Å². The number of nitrogens with one attached hydrogen (secondary N) is 2. The summed E-state index contributed by atoms with van der Waals surface area (Å²) in [5, 5.41) is 5.43. The van der Waals surface area contributed by atoms with Crippen molar-refractivity contribution in [1.82, 2.24) is 15.6 Å². The topological polar surface area (TPSA) is 98.8 Å². The number of methoxy groups -OCH3 is 1. The highest BCUT2D eigenvalue weighted by atomic mass is 32.2. The largest absolute Gasteiger partial charge is 0.497 e. The number of alkyl halides is 3. The van der Waals surface area contributed by atoms with Crippen LogP contribution in [0.5, 0.6) is 23.0 Å². The molecule has 0 bridgehead atoms. The Kier molecular flexibility index (Phi) is 10.0. The smallest absolute Gasteiger partial charge is 0.420 e. The number of hydrogen-bond acceptors (Lipinski definition) is 7. The molecule has 0 spiro atoms. The maximum Gasteiger partial charge on any atom is 0.420 e. The summed E-state index contributed by atoms with van der Waals surface area (Å²) in [5.41, 5.74) is -1.54. The second kappa shape index (κ2) is 13.2. The van der Waals surface area contributed by atoms with E-state index in [9.17, 15) is 22.8 Å². The molecule has 3 aromatic rings. The minimum absolute atomic E-state index is 0.0603. The molecule has 2 aromatic carbocycles. The Hall–Kier alpha value is -3.93. The minimum atomic E-state index is -4.63. The van der Waals surface area contributed by atoms with Crippen molar-refractivity contribution in [2.75, 3.05) is 19.1 Å². The molecule has 1 atom stereocenters. The molecule has 2 N–H and O–H groups in total. The lowest BCUT2D eigenvalue weighted by molar-refractivity contribution is -0.138. The first-order chi connectivity index (χ1) is 18.5. The van der Waals surface area contributed by atoms with Crippen molar-refractivity contribution in [3.05, 3.63) is 78.1 Å². The molecule has 0 saturated carbocycles. The van der Waals surface area contributed by atoms with Crippen LogP contribution in [0.3, 0.4) is 0 Å². The molecule has 0 aliphatic carbocycles. The van der Waals surface area contributed by atoms with Gasteiger partial charge in [0.1, 0.15) is 28.4 Å². The summed E-state index contributed by atoms with van der Waals surface area (Å²) in [4.78, 5) is 29.4. The summed E-state index contributed by atoms with van der Waals surface area (Å²) < 4.78 is 55.9. The Labute approximate surface area is 228 Å². The lowest BCUT2D eigenvalue weighted by Gasteiger charge is -2.29. The van der Waals surface area contributed by atoms with Gasteiger partial charge in [0.25, 0.3) is 0 Å². The molecule has 8 nitrogen and oxygen atoms in total. The molecule has 0 saturated heterocycles. The first-order valence-corrected chi connectivity index (χ1v) is 13.1. The van der Waals surface area contributed by atoms with Crippen molar-refractivity contribution in [1.29, 1.82) is 0 Å². The quantitative estimate of drug-likeness (QED) is 0.303. The van der Waals surface area contributed by atoms with Crippen LogP contribution in [0.15, 0.2) is 67.0 Å². The van der Waals surface area contributed by atoms with Gasteiger partial charge in [-0.15, -0.1) is 0 Å². The van der Waals surface area contributed by atoms with Gasteiger partial charge < -0.3 is 24.8 Å². The molecule has 3 rings (SSSR count). The SMILES string of the molecule is COc1ccc(Oc2ccc(CNC(=O)C(C)(CCSC)NC(=O)Oc3cccnc3)cc2)c(C(F)(F)F)c1. The number of thioether (sulfide) groups is 1. The fourth-order valence-corrected chi connectivity index (χ4v) is 4.04. The van der Waals surface area contributed by atoms with Crippen LogP contribution in [0.1, 0.15) is 24.5 Å². The lowest BCUT2D eigenvalue weighted by atomic mass is 9.97. The third kappa shape index (κ3) is 8.54. The fraction of sp³-hybridized carbons (Fsp3) is 0.296. The summed E-state index contributed by atoms with van der Waals surface area (Å²) in [5.74, 6) is 0.303. The lowest BCUT2D eigenvalue weighted by Crippen LogP contribution is -2.57. The van der Waals surface area contributed by atoms with Crippen LogP contribution in [0.4, 0.5) is 18.0 Å². The number of ether oxygens (including phenoxy) is 3. The Morgan fingerprint density at radius 3 is 2.36 bits per heavy atom. The van der Waals surface area contributed by atoms with Crippen LogP contribution in [0, 0.1) is 0 Å². The van der Waals surface area contributed by atoms with Crippen LogP contribution in [-0.4, -0.2) is 41.6 Å². The van der Waals surface area contributed by atoms with E-state index >= 15 is 0 Å². The number of aromatic nitrogens is 1. The number of nitrogens with zero attached hydrogens (tertiary/aromatic N) is 1. The van der Waals surface area contributed by atoms with Gasteiger partial charge in [0.05, 0.1) is 13.3 Å². The van der Waals surface area contributed by atoms with E-state index < -0.39 is 29.3 Å². The van der Waals surface area contributed by atoms with Gasteiger partial charge >= 0.3 is 12.3 Å². The number of benzene rings is 2. The van der Waals surface area contributed by atoms with Gasteiger partial charge in [0.15, 0.2) is 5.75 Å². The highest BCUT2D eigenvalue weighted by Gasteiger charge is 2.36. The van der Waals surface area contributed by atoms with Gasteiger partial charge in [-0.1, -0.05) is 12.1 Å². The highest BCUT2D eigenvalue weighted by molar-refractivity contribution is 7.98. The van der Waals surface area contributed by atoms with Crippen LogP contribution in [0.2, 0.25) is 0 Å². The summed E-state index contributed by atoms with van der Waals surface area (Å²) >= 11 is 1.52. The fourth-order valence-electron chi connectivity index (χ4n) is 3.43. The molecule has 1 heterocycles. The van der Waals surface area contributed by atoms with E-state index in [1.807, 2.05) is 6.26 Å². The van der Waals surface area contributed by atoms with E-state index in [1.54, 1.807) is 31.2 Å². The Balaban J connectivity index is 1.64. The third-order valence-corrected chi connectivity index (χ3v) is 6.24. The maximum absolute atomic E-state index is 13.5. The second-order valence-corrected chi connectivity index (χ2v) is 9.55. The highest BCUT2D eigenvalue weighted by Crippen LogP contribution is 2.40. The summed E-state index contributed by atoms with van der Waals surface area (Å²) in [6.45, 7) is 1.72. The monoisotopic (exact) mass is 563 g/mol. The van der Waals surface area contributed by atoms with E-state index in [1.165, 1.54) is 55.5 Å². The third-order valence-electron chi connectivity index (χ3n) is 5.63. The number of hydrogen-bond donors (Lipinski definition) is 2. The average molecular weight is 564 g/mol. The summed E-state index contributed by atoms with van der Waals surface area (Å²) in [6.07, 6.45) is -0.267. The van der Waals surface area contributed by atoms with E-state index in [2.05, 4.69) is 15.6 Å². The Morgan fingerprint density at radius 1 is 1.03 bits per heavy atom. The van der Waals surface area contributed by atoms with Gasteiger partial charge in [0, 0.05) is 12.7 Å². The molecule has 1 aromatic heterocycles. The Morgan fingerprint density at radius 2 is 1.74 bits per heavy atom. The van der Waals surface area contributed by atoms with Gasteiger partial charge in [0.2, 0.25) is 5.91 Å². The zero-order valence-corrected chi connectivity index (χ0v) is 22.3.